The number of imidazole rings is 1. The third-order valence-corrected chi connectivity index (χ3v) is 4.18. The van der Waals surface area contributed by atoms with Crippen LogP contribution in [0.2, 0.25) is 0 Å². The van der Waals surface area contributed by atoms with E-state index in [-0.39, 0.29) is 0 Å². The molecular weight excluding hydrogens is 282 g/mol. The summed E-state index contributed by atoms with van der Waals surface area (Å²) in [6.45, 7) is 6.39. The molecule has 3 aromatic rings. The Kier molecular flexibility index (Phi) is 5.09. The summed E-state index contributed by atoms with van der Waals surface area (Å²) in [6.07, 6.45) is 2.07. The fraction of sp³-hybridized carbons (Fsp3) is 0.350. The second-order valence-corrected chi connectivity index (χ2v) is 6.38. The van der Waals surface area contributed by atoms with Crippen molar-refractivity contribution in [3.8, 4) is 0 Å². The molecule has 3 nitrogen and oxygen atoms in total. The predicted molar refractivity (Wildman–Crippen MR) is 96.7 cm³/mol. The zero-order valence-corrected chi connectivity index (χ0v) is 14.0. The van der Waals surface area contributed by atoms with E-state index >= 15 is 0 Å². The number of aryl methyl sites for hydroxylation is 1. The summed E-state index contributed by atoms with van der Waals surface area (Å²) < 4.78 is 0. The second-order valence-electron chi connectivity index (χ2n) is 6.38. The van der Waals surface area contributed by atoms with Gasteiger partial charge in [-0.15, -0.1) is 0 Å². The Balaban J connectivity index is 1.41. The highest BCUT2D eigenvalue weighted by atomic mass is 14.9. The zero-order valence-electron chi connectivity index (χ0n) is 14.0. The lowest BCUT2D eigenvalue weighted by Gasteiger charge is -2.08. The molecule has 0 aliphatic carbocycles. The third-order valence-electron chi connectivity index (χ3n) is 4.18. The highest BCUT2D eigenvalue weighted by Gasteiger charge is 2.02. The molecular formula is C20H25N3. The molecule has 0 aliphatic heterocycles. The number of hydrogen-bond donors (Lipinski definition) is 2. The minimum atomic E-state index is 0.598. The van der Waals surface area contributed by atoms with E-state index in [1.165, 1.54) is 11.1 Å². The van der Waals surface area contributed by atoms with Gasteiger partial charge in [-0.25, -0.2) is 4.98 Å². The molecule has 0 saturated heterocycles. The number of nitrogens with one attached hydrogen (secondary N) is 2. The van der Waals surface area contributed by atoms with Crippen LogP contribution in [0.3, 0.4) is 0 Å². The van der Waals surface area contributed by atoms with Crippen molar-refractivity contribution in [1.82, 2.24) is 15.3 Å². The van der Waals surface area contributed by atoms with Crippen LogP contribution in [0.4, 0.5) is 0 Å². The Hall–Kier alpha value is -2.13. The summed E-state index contributed by atoms with van der Waals surface area (Å²) in [4.78, 5) is 7.99. The number of aromatic nitrogens is 2. The molecule has 0 bridgehead atoms. The number of H-pyrrole nitrogens is 1. The van der Waals surface area contributed by atoms with Crippen molar-refractivity contribution >= 4 is 11.0 Å². The average molecular weight is 307 g/mol. The second kappa shape index (κ2) is 7.42. The van der Waals surface area contributed by atoms with Gasteiger partial charge in [0.05, 0.1) is 11.0 Å². The predicted octanol–water partition coefficient (Wildman–Crippen LogP) is 4.41. The topological polar surface area (TPSA) is 40.7 Å². The van der Waals surface area contributed by atoms with Crippen LogP contribution >= 0.6 is 0 Å². The van der Waals surface area contributed by atoms with Crippen molar-refractivity contribution < 1.29 is 0 Å². The number of para-hydroxylation sites is 2. The van der Waals surface area contributed by atoms with Crippen molar-refractivity contribution in [2.24, 2.45) is 0 Å². The third kappa shape index (κ3) is 4.20. The SMILES string of the molecule is CC(C)c1ccc(CNCCCc2nc3ccccc3[nH]2)cc1. The Labute approximate surface area is 138 Å². The standard InChI is InChI=1S/C20H25N3/c1-15(2)17-11-9-16(10-12-17)14-21-13-5-8-20-22-18-6-3-4-7-19(18)23-20/h3-4,6-7,9-12,15,21H,5,8,13-14H2,1-2H3,(H,22,23). The van der Waals surface area contributed by atoms with Crippen molar-refractivity contribution in [2.45, 2.75) is 39.2 Å². The maximum atomic E-state index is 4.61. The number of aromatic amines is 1. The summed E-state index contributed by atoms with van der Waals surface area (Å²) in [5, 5.41) is 3.51. The van der Waals surface area contributed by atoms with Gasteiger partial charge in [0.15, 0.2) is 0 Å². The van der Waals surface area contributed by atoms with E-state index in [1.54, 1.807) is 0 Å². The van der Waals surface area contributed by atoms with Gasteiger partial charge in [-0.3, -0.25) is 0 Å². The zero-order chi connectivity index (χ0) is 16.1. The number of fused-ring (bicyclic) bond motifs is 1. The molecule has 2 aromatic carbocycles. The summed E-state index contributed by atoms with van der Waals surface area (Å²) in [7, 11) is 0. The molecule has 3 rings (SSSR count). The van der Waals surface area contributed by atoms with Gasteiger partial charge in [-0.1, -0.05) is 50.2 Å². The minimum absolute atomic E-state index is 0.598. The van der Waals surface area contributed by atoms with E-state index < -0.39 is 0 Å². The lowest BCUT2D eigenvalue weighted by Crippen LogP contribution is -2.15. The largest absolute Gasteiger partial charge is 0.342 e. The van der Waals surface area contributed by atoms with Crippen LogP contribution in [0, 0.1) is 0 Å². The van der Waals surface area contributed by atoms with E-state index in [2.05, 4.69) is 65.5 Å². The average Bonchev–Trinajstić information content (AvgIpc) is 2.97. The fourth-order valence-corrected chi connectivity index (χ4v) is 2.76. The van der Waals surface area contributed by atoms with E-state index in [0.717, 1.165) is 42.8 Å². The Morgan fingerprint density at radius 3 is 2.57 bits per heavy atom. The van der Waals surface area contributed by atoms with Crippen LogP contribution in [0.25, 0.3) is 11.0 Å². The molecule has 1 heterocycles. The Bertz CT molecular complexity index is 708. The van der Waals surface area contributed by atoms with Crippen LogP contribution in [-0.4, -0.2) is 16.5 Å². The maximum absolute atomic E-state index is 4.61. The van der Waals surface area contributed by atoms with E-state index in [0.29, 0.717) is 5.92 Å². The lowest BCUT2D eigenvalue weighted by atomic mass is 10.0. The van der Waals surface area contributed by atoms with Crippen molar-refractivity contribution in [3.63, 3.8) is 0 Å². The van der Waals surface area contributed by atoms with Crippen molar-refractivity contribution in [2.75, 3.05) is 6.54 Å². The van der Waals surface area contributed by atoms with Gasteiger partial charge in [-0.05, 0) is 42.1 Å². The summed E-state index contributed by atoms with van der Waals surface area (Å²) in [6, 6.07) is 17.1. The number of hydrogen-bond acceptors (Lipinski definition) is 2. The van der Waals surface area contributed by atoms with Crippen molar-refractivity contribution in [3.05, 3.63) is 65.5 Å². The van der Waals surface area contributed by atoms with Crippen LogP contribution in [0.5, 0.6) is 0 Å². The van der Waals surface area contributed by atoms with Gasteiger partial charge in [0, 0.05) is 13.0 Å². The first-order valence-corrected chi connectivity index (χ1v) is 8.45. The van der Waals surface area contributed by atoms with Gasteiger partial charge in [0.25, 0.3) is 0 Å². The molecule has 0 amide bonds. The van der Waals surface area contributed by atoms with Crippen molar-refractivity contribution in [1.29, 1.82) is 0 Å². The Morgan fingerprint density at radius 1 is 1.04 bits per heavy atom. The molecule has 0 aliphatic rings. The first kappa shape index (κ1) is 15.8. The highest BCUT2D eigenvalue weighted by Crippen LogP contribution is 2.14. The fourth-order valence-electron chi connectivity index (χ4n) is 2.76. The molecule has 0 fully saturated rings. The summed E-state index contributed by atoms with van der Waals surface area (Å²) >= 11 is 0. The van der Waals surface area contributed by atoms with Crippen LogP contribution < -0.4 is 5.32 Å². The van der Waals surface area contributed by atoms with Crippen LogP contribution in [-0.2, 0) is 13.0 Å². The van der Waals surface area contributed by atoms with Gasteiger partial charge in [0.2, 0.25) is 0 Å². The minimum Gasteiger partial charge on any atom is -0.342 e. The molecule has 3 heteroatoms. The summed E-state index contributed by atoms with van der Waals surface area (Å²) in [5.41, 5.74) is 4.93. The molecule has 0 radical (unpaired) electrons. The first-order valence-electron chi connectivity index (χ1n) is 8.45. The van der Waals surface area contributed by atoms with E-state index in [9.17, 15) is 0 Å². The molecule has 1 aromatic heterocycles. The Morgan fingerprint density at radius 2 is 1.83 bits per heavy atom. The molecule has 23 heavy (non-hydrogen) atoms. The smallest absolute Gasteiger partial charge is 0.107 e. The molecule has 0 unspecified atom stereocenters. The number of nitrogens with zero attached hydrogens (tertiary/aromatic N) is 1. The molecule has 0 atom stereocenters. The normalized spacial score (nSPS) is 11.4. The summed E-state index contributed by atoms with van der Waals surface area (Å²) in [5.74, 6) is 1.68. The van der Waals surface area contributed by atoms with Gasteiger partial charge < -0.3 is 10.3 Å². The van der Waals surface area contributed by atoms with Gasteiger partial charge in [-0.2, -0.15) is 0 Å². The number of rotatable bonds is 7. The van der Waals surface area contributed by atoms with E-state index in [1.807, 2.05) is 12.1 Å². The van der Waals surface area contributed by atoms with Crippen LogP contribution in [0.15, 0.2) is 48.5 Å². The molecule has 0 spiro atoms. The number of benzene rings is 2. The molecule has 0 saturated carbocycles. The van der Waals surface area contributed by atoms with Gasteiger partial charge in [0.1, 0.15) is 5.82 Å². The lowest BCUT2D eigenvalue weighted by molar-refractivity contribution is 0.641. The first-order chi connectivity index (χ1) is 11.2. The molecule has 120 valence electrons. The monoisotopic (exact) mass is 307 g/mol. The molecule has 2 N–H and O–H groups in total. The van der Waals surface area contributed by atoms with Gasteiger partial charge >= 0.3 is 0 Å². The highest BCUT2D eigenvalue weighted by molar-refractivity contribution is 5.74. The maximum Gasteiger partial charge on any atom is 0.107 e. The van der Waals surface area contributed by atoms with Crippen LogP contribution in [0.1, 0.15) is 43.1 Å². The van der Waals surface area contributed by atoms with E-state index in [4.69, 9.17) is 0 Å². The quantitative estimate of drug-likeness (QED) is 0.635.